The number of ether oxygens (including phenoxy) is 1. The third-order valence-electron chi connectivity index (χ3n) is 4.11. The van der Waals surface area contributed by atoms with Crippen molar-refractivity contribution >= 4 is 0 Å². The first-order valence-electron chi connectivity index (χ1n) is 6.62. The van der Waals surface area contributed by atoms with Gasteiger partial charge in [0.2, 0.25) is 0 Å². The van der Waals surface area contributed by atoms with E-state index >= 15 is 0 Å². The van der Waals surface area contributed by atoms with Gasteiger partial charge in [-0.15, -0.1) is 0 Å². The van der Waals surface area contributed by atoms with Crippen LogP contribution in [0.25, 0.3) is 0 Å². The number of benzene rings is 1. The summed E-state index contributed by atoms with van der Waals surface area (Å²) in [7, 11) is 1.55. The van der Waals surface area contributed by atoms with E-state index in [1.807, 2.05) is 0 Å². The van der Waals surface area contributed by atoms with Gasteiger partial charge in [-0.25, -0.2) is 4.39 Å². The lowest BCUT2D eigenvalue weighted by Crippen LogP contribution is -2.33. The van der Waals surface area contributed by atoms with Crippen LogP contribution in [0.2, 0.25) is 0 Å². The number of hydrogen-bond donors (Lipinski definition) is 1. The second-order valence-electron chi connectivity index (χ2n) is 5.33. The molecule has 1 aliphatic carbocycles. The predicted molar refractivity (Wildman–Crippen MR) is 69.1 cm³/mol. The topological polar surface area (TPSA) is 29.5 Å². The molecule has 0 aliphatic heterocycles. The van der Waals surface area contributed by atoms with Crippen molar-refractivity contribution in [3.05, 3.63) is 29.6 Å². The molecule has 1 aliphatic rings. The fourth-order valence-corrected chi connectivity index (χ4v) is 2.96. The minimum absolute atomic E-state index is 0.182. The average Bonchev–Trinajstić information content (AvgIpc) is 2.39. The molecular weight excluding hydrogens is 231 g/mol. The molecule has 18 heavy (non-hydrogen) atoms. The van der Waals surface area contributed by atoms with Gasteiger partial charge >= 0.3 is 0 Å². The van der Waals surface area contributed by atoms with Gasteiger partial charge in [0, 0.05) is 5.56 Å². The molecule has 0 saturated heterocycles. The van der Waals surface area contributed by atoms with Gasteiger partial charge in [0.25, 0.3) is 0 Å². The van der Waals surface area contributed by atoms with Crippen LogP contribution in [0.4, 0.5) is 4.39 Å². The molecule has 1 atom stereocenters. The molecule has 2 rings (SSSR count). The summed E-state index contributed by atoms with van der Waals surface area (Å²) in [5.74, 6) is 0.413. The monoisotopic (exact) mass is 252 g/mol. The molecule has 1 unspecified atom stereocenters. The van der Waals surface area contributed by atoms with E-state index in [0.29, 0.717) is 11.3 Å². The molecular formula is C15H21FO2. The van der Waals surface area contributed by atoms with Crippen LogP contribution >= 0.6 is 0 Å². The van der Waals surface area contributed by atoms with E-state index < -0.39 is 5.60 Å². The largest absolute Gasteiger partial charge is 0.496 e. The van der Waals surface area contributed by atoms with Crippen molar-refractivity contribution in [1.29, 1.82) is 0 Å². The molecule has 100 valence electrons. The van der Waals surface area contributed by atoms with Crippen LogP contribution in [-0.4, -0.2) is 12.2 Å². The second kappa shape index (κ2) is 5.27. The highest BCUT2D eigenvalue weighted by molar-refractivity contribution is 5.38. The molecule has 1 fully saturated rings. The summed E-state index contributed by atoms with van der Waals surface area (Å²) in [6.45, 7) is 1.78. The lowest BCUT2D eigenvalue weighted by Gasteiger charge is -2.36. The summed E-state index contributed by atoms with van der Waals surface area (Å²) < 4.78 is 18.7. The van der Waals surface area contributed by atoms with Crippen molar-refractivity contribution in [1.82, 2.24) is 0 Å². The Morgan fingerprint density at radius 3 is 2.56 bits per heavy atom. The van der Waals surface area contributed by atoms with Crippen molar-refractivity contribution < 1.29 is 14.2 Å². The summed E-state index contributed by atoms with van der Waals surface area (Å²) in [6, 6.07) is 4.34. The van der Waals surface area contributed by atoms with E-state index in [0.717, 1.165) is 25.7 Å². The van der Waals surface area contributed by atoms with Crippen LogP contribution < -0.4 is 4.74 Å². The second-order valence-corrected chi connectivity index (χ2v) is 5.33. The summed E-state index contributed by atoms with van der Waals surface area (Å²) in [6.07, 6.45) is 5.49. The number of halogens is 1. The maximum atomic E-state index is 13.4. The van der Waals surface area contributed by atoms with Gasteiger partial charge in [-0.05, 0) is 43.9 Å². The van der Waals surface area contributed by atoms with Gasteiger partial charge in [-0.3, -0.25) is 0 Å². The predicted octanol–water partition coefficient (Wildman–Crippen LogP) is 3.62. The van der Waals surface area contributed by atoms with E-state index in [9.17, 15) is 9.50 Å². The zero-order valence-electron chi connectivity index (χ0n) is 11.1. The Kier molecular flexibility index (Phi) is 3.91. The minimum atomic E-state index is -1.02. The summed E-state index contributed by atoms with van der Waals surface area (Å²) in [5, 5.41) is 10.8. The van der Waals surface area contributed by atoms with Crippen LogP contribution in [0, 0.1) is 11.7 Å². The SMILES string of the molecule is COc1ccc(F)cc1C(C)(O)C1CCCCC1. The molecule has 0 amide bonds. The molecule has 2 nitrogen and oxygen atoms in total. The van der Waals surface area contributed by atoms with Crippen LogP contribution in [-0.2, 0) is 5.60 Å². The van der Waals surface area contributed by atoms with Gasteiger partial charge < -0.3 is 9.84 Å². The zero-order valence-corrected chi connectivity index (χ0v) is 11.1. The first-order valence-corrected chi connectivity index (χ1v) is 6.62. The summed E-state index contributed by atoms with van der Waals surface area (Å²) in [5.41, 5.74) is -0.453. The number of methoxy groups -OCH3 is 1. The Balaban J connectivity index is 2.35. The van der Waals surface area contributed by atoms with Gasteiger partial charge in [0.05, 0.1) is 12.7 Å². The highest BCUT2D eigenvalue weighted by Gasteiger charge is 2.36. The van der Waals surface area contributed by atoms with E-state index in [2.05, 4.69) is 0 Å². The van der Waals surface area contributed by atoms with Crippen LogP contribution in [0.5, 0.6) is 5.75 Å². The van der Waals surface area contributed by atoms with Crippen molar-refractivity contribution in [2.24, 2.45) is 5.92 Å². The molecule has 1 aromatic carbocycles. The zero-order chi connectivity index (χ0) is 13.2. The Bertz CT molecular complexity index is 409. The highest BCUT2D eigenvalue weighted by atomic mass is 19.1. The normalized spacial score (nSPS) is 20.4. The van der Waals surface area contributed by atoms with Crippen LogP contribution in [0.15, 0.2) is 18.2 Å². The summed E-state index contributed by atoms with van der Waals surface area (Å²) in [4.78, 5) is 0. The van der Waals surface area contributed by atoms with Gasteiger partial charge in [0.15, 0.2) is 0 Å². The molecule has 1 saturated carbocycles. The molecule has 0 aromatic heterocycles. The third kappa shape index (κ3) is 2.51. The van der Waals surface area contributed by atoms with Crippen molar-refractivity contribution in [3.8, 4) is 5.75 Å². The quantitative estimate of drug-likeness (QED) is 0.890. The fraction of sp³-hybridized carbons (Fsp3) is 0.600. The maximum absolute atomic E-state index is 13.4. The van der Waals surface area contributed by atoms with E-state index in [1.54, 1.807) is 20.1 Å². The third-order valence-corrected chi connectivity index (χ3v) is 4.11. The van der Waals surface area contributed by atoms with Crippen molar-refractivity contribution in [2.75, 3.05) is 7.11 Å². The molecule has 0 bridgehead atoms. The molecule has 0 heterocycles. The minimum Gasteiger partial charge on any atom is -0.496 e. The molecule has 0 radical (unpaired) electrons. The maximum Gasteiger partial charge on any atom is 0.125 e. The number of hydrogen-bond acceptors (Lipinski definition) is 2. The first kappa shape index (κ1) is 13.3. The van der Waals surface area contributed by atoms with Gasteiger partial charge in [-0.1, -0.05) is 19.3 Å². The Morgan fingerprint density at radius 1 is 1.28 bits per heavy atom. The van der Waals surface area contributed by atoms with Crippen LogP contribution in [0.1, 0.15) is 44.6 Å². The van der Waals surface area contributed by atoms with Crippen molar-refractivity contribution in [2.45, 2.75) is 44.6 Å². The molecule has 0 spiro atoms. The van der Waals surface area contributed by atoms with Crippen molar-refractivity contribution in [3.63, 3.8) is 0 Å². The average molecular weight is 252 g/mol. The fourth-order valence-electron chi connectivity index (χ4n) is 2.96. The smallest absolute Gasteiger partial charge is 0.125 e. The Morgan fingerprint density at radius 2 is 1.94 bits per heavy atom. The van der Waals surface area contributed by atoms with E-state index in [-0.39, 0.29) is 11.7 Å². The van der Waals surface area contributed by atoms with E-state index in [4.69, 9.17) is 4.74 Å². The standard InChI is InChI=1S/C15H21FO2/c1-15(17,11-6-4-3-5-7-11)13-10-12(16)8-9-14(13)18-2/h8-11,17H,3-7H2,1-2H3. The van der Waals surface area contributed by atoms with Crippen LogP contribution in [0.3, 0.4) is 0 Å². The Labute approximate surface area is 108 Å². The molecule has 3 heteroatoms. The molecule has 1 aromatic rings. The lowest BCUT2D eigenvalue weighted by atomic mass is 9.74. The number of aliphatic hydroxyl groups is 1. The van der Waals surface area contributed by atoms with Gasteiger partial charge in [0.1, 0.15) is 11.6 Å². The summed E-state index contributed by atoms with van der Waals surface area (Å²) >= 11 is 0. The van der Waals surface area contributed by atoms with Gasteiger partial charge in [-0.2, -0.15) is 0 Å². The Hall–Kier alpha value is -1.09. The van der Waals surface area contributed by atoms with E-state index in [1.165, 1.54) is 18.6 Å². The highest BCUT2D eigenvalue weighted by Crippen LogP contribution is 2.42. The molecule has 1 N–H and O–H groups in total. The number of rotatable bonds is 3. The first-order chi connectivity index (χ1) is 8.55. The lowest BCUT2D eigenvalue weighted by molar-refractivity contribution is -0.0234.